The van der Waals surface area contributed by atoms with Crippen molar-refractivity contribution in [3.8, 4) is 0 Å². The van der Waals surface area contributed by atoms with Crippen LogP contribution in [0.15, 0.2) is 22.5 Å². The van der Waals surface area contributed by atoms with E-state index in [1.165, 1.54) is 0 Å². The number of hydrogen-bond acceptors (Lipinski definition) is 4. The molecule has 1 saturated heterocycles. The van der Waals surface area contributed by atoms with Crippen LogP contribution in [0.2, 0.25) is 0 Å². The molecule has 2 nitrogen and oxygen atoms in total. The topological polar surface area (TPSA) is 34.1 Å². The third kappa shape index (κ3) is 1.17. The van der Waals surface area contributed by atoms with Crippen molar-refractivity contribution >= 4 is 45.1 Å². The van der Waals surface area contributed by atoms with Gasteiger partial charge in [0, 0.05) is 5.92 Å². The van der Waals surface area contributed by atoms with E-state index in [1.54, 1.807) is 23.5 Å². The number of fused-ring (bicyclic) bond motifs is 5. The number of allylic oxidation sites excluding steroid dienone is 1. The van der Waals surface area contributed by atoms with Crippen LogP contribution in [0.25, 0.3) is 0 Å². The van der Waals surface area contributed by atoms with Gasteiger partial charge in [0.2, 0.25) is 0 Å². The summed E-state index contributed by atoms with van der Waals surface area (Å²) in [7, 11) is -1.85. The summed E-state index contributed by atoms with van der Waals surface area (Å²) in [6.07, 6.45) is 10.2. The Bertz CT molecular complexity index is 456. The fourth-order valence-electron chi connectivity index (χ4n) is 2.74. The minimum absolute atomic E-state index is 0.000756. The minimum Gasteiger partial charge on any atom is -0.257 e. The summed E-state index contributed by atoms with van der Waals surface area (Å²) in [5.41, 5.74) is 0. The van der Waals surface area contributed by atoms with E-state index in [2.05, 4.69) is 12.2 Å². The van der Waals surface area contributed by atoms with E-state index in [0.717, 1.165) is 4.24 Å². The summed E-state index contributed by atoms with van der Waals surface area (Å²) in [4.78, 5) is 0. The summed E-state index contributed by atoms with van der Waals surface area (Å²) in [6.45, 7) is 0. The van der Waals surface area contributed by atoms with Crippen LogP contribution in [-0.2, 0) is 21.6 Å². The zero-order chi connectivity index (χ0) is 11.5. The quantitative estimate of drug-likeness (QED) is 0.726. The van der Waals surface area contributed by atoms with Crippen molar-refractivity contribution in [3.05, 3.63) is 22.5 Å². The van der Waals surface area contributed by atoms with Crippen LogP contribution in [0.1, 0.15) is 0 Å². The van der Waals surface area contributed by atoms with Crippen molar-refractivity contribution < 1.29 is 8.42 Å². The highest BCUT2D eigenvalue weighted by atomic mass is 32.2. The maximum Gasteiger partial charge on any atom is 0.117 e. The zero-order valence-electron chi connectivity index (χ0n) is 8.91. The molecule has 1 fully saturated rings. The van der Waals surface area contributed by atoms with Gasteiger partial charge in [0.05, 0.1) is 36.3 Å². The smallest absolute Gasteiger partial charge is 0.117 e. The third-order valence-corrected chi connectivity index (χ3v) is 10.8. The lowest BCUT2D eigenvalue weighted by atomic mass is 9.94. The van der Waals surface area contributed by atoms with E-state index in [0.29, 0.717) is 0 Å². The summed E-state index contributed by atoms with van der Waals surface area (Å²) in [5.74, 6) is 0.196. The summed E-state index contributed by atoms with van der Waals surface area (Å²) in [5, 5.41) is 0.0555. The normalized spacial score (nSPS) is 53.1. The SMILES string of the molecule is CSC1=C[C@H]2[C@H]([C@H]3C=C[C@]2(SC)S3=O)[S@@]1=O. The van der Waals surface area contributed by atoms with Crippen LogP contribution in [0.5, 0.6) is 0 Å². The number of hydrogen-bond donors (Lipinski definition) is 0. The van der Waals surface area contributed by atoms with Crippen LogP contribution >= 0.6 is 23.5 Å². The highest BCUT2D eigenvalue weighted by Gasteiger charge is 2.64. The van der Waals surface area contributed by atoms with Gasteiger partial charge in [-0.2, -0.15) is 0 Å². The van der Waals surface area contributed by atoms with E-state index in [-0.39, 0.29) is 20.5 Å². The molecule has 0 spiro atoms. The Morgan fingerprint density at radius 2 is 2.12 bits per heavy atom. The van der Waals surface area contributed by atoms with E-state index < -0.39 is 21.6 Å². The summed E-state index contributed by atoms with van der Waals surface area (Å²) >= 11 is 3.21. The third-order valence-electron chi connectivity index (χ3n) is 3.50. The van der Waals surface area contributed by atoms with Crippen LogP contribution in [-0.4, -0.2) is 35.5 Å². The molecule has 0 radical (unpaired) electrons. The lowest BCUT2D eigenvalue weighted by Gasteiger charge is -2.26. The average molecular weight is 292 g/mol. The highest BCUT2D eigenvalue weighted by molar-refractivity contribution is 8.17. The van der Waals surface area contributed by atoms with Gasteiger partial charge in [0.25, 0.3) is 0 Å². The predicted molar refractivity (Wildman–Crippen MR) is 74.3 cm³/mol. The van der Waals surface area contributed by atoms with Gasteiger partial charge in [-0.15, -0.1) is 23.5 Å². The van der Waals surface area contributed by atoms with E-state index in [4.69, 9.17) is 0 Å². The van der Waals surface area contributed by atoms with Crippen LogP contribution < -0.4 is 0 Å². The van der Waals surface area contributed by atoms with Gasteiger partial charge >= 0.3 is 0 Å². The van der Waals surface area contributed by atoms with Gasteiger partial charge in [-0.1, -0.05) is 18.2 Å². The molecule has 1 unspecified atom stereocenters. The van der Waals surface area contributed by atoms with Crippen LogP contribution in [0.3, 0.4) is 0 Å². The summed E-state index contributed by atoms with van der Waals surface area (Å²) in [6, 6.07) is 0. The Labute approximate surface area is 109 Å². The molecule has 0 amide bonds. The molecule has 6 atom stereocenters. The fourth-order valence-corrected chi connectivity index (χ4v) is 9.68. The van der Waals surface area contributed by atoms with Crippen molar-refractivity contribution in [1.29, 1.82) is 0 Å². The molecule has 0 aromatic rings. The monoisotopic (exact) mass is 292 g/mol. The Morgan fingerprint density at radius 1 is 1.38 bits per heavy atom. The molecule has 0 aromatic carbocycles. The zero-order valence-corrected chi connectivity index (χ0v) is 12.2. The first-order valence-electron chi connectivity index (χ1n) is 4.97. The molecule has 0 N–H and O–H groups in total. The van der Waals surface area contributed by atoms with E-state index in [9.17, 15) is 8.42 Å². The molecular formula is C10H12O2S4. The largest absolute Gasteiger partial charge is 0.257 e. The van der Waals surface area contributed by atoms with Gasteiger partial charge in [-0.3, -0.25) is 8.42 Å². The lowest BCUT2D eigenvalue weighted by Crippen LogP contribution is -2.33. The molecule has 16 heavy (non-hydrogen) atoms. The highest BCUT2D eigenvalue weighted by Crippen LogP contribution is 2.58. The molecule has 3 aliphatic heterocycles. The second-order valence-corrected chi connectivity index (χ2v) is 9.87. The van der Waals surface area contributed by atoms with E-state index >= 15 is 0 Å². The molecule has 2 bridgehead atoms. The maximum absolute atomic E-state index is 12.3. The molecule has 3 rings (SSSR count). The molecule has 3 heterocycles. The molecule has 0 aromatic heterocycles. The number of rotatable bonds is 2. The molecule has 88 valence electrons. The Hall–Kier alpha value is 0.480. The standard InChI is InChI=1S/C10H12O2S4/c1-13-8-5-6-9(15(8)11)7-3-4-10(6,14-2)16(7)12/h3-7,9H,1-2H3/t6-,7+,9+,10-,15+,16?/m0/s1. The first-order chi connectivity index (χ1) is 7.65. The summed E-state index contributed by atoms with van der Waals surface area (Å²) < 4.78 is 25.3. The van der Waals surface area contributed by atoms with Crippen molar-refractivity contribution in [3.63, 3.8) is 0 Å². The average Bonchev–Trinajstić information content (AvgIpc) is 2.87. The molecular weight excluding hydrogens is 280 g/mol. The van der Waals surface area contributed by atoms with Crippen molar-refractivity contribution in [2.24, 2.45) is 5.92 Å². The van der Waals surface area contributed by atoms with Crippen LogP contribution in [0.4, 0.5) is 0 Å². The van der Waals surface area contributed by atoms with Gasteiger partial charge in [-0.05, 0) is 12.5 Å². The van der Waals surface area contributed by atoms with E-state index in [1.807, 2.05) is 18.6 Å². The Morgan fingerprint density at radius 3 is 2.75 bits per heavy atom. The molecule has 6 heteroatoms. The molecule has 3 aliphatic rings. The van der Waals surface area contributed by atoms with Crippen molar-refractivity contribution in [1.82, 2.24) is 0 Å². The lowest BCUT2D eigenvalue weighted by molar-refractivity contribution is 0.615. The van der Waals surface area contributed by atoms with Crippen molar-refractivity contribution in [2.45, 2.75) is 14.6 Å². The Balaban J connectivity index is 2.11. The second-order valence-electron chi connectivity index (χ2n) is 4.02. The second kappa shape index (κ2) is 3.73. The minimum atomic E-state index is -0.947. The van der Waals surface area contributed by atoms with Crippen molar-refractivity contribution in [2.75, 3.05) is 12.5 Å². The molecule has 0 aliphatic carbocycles. The predicted octanol–water partition coefficient (Wildman–Crippen LogP) is 1.70. The Kier molecular flexibility index (Phi) is 2.70. The van der Waals surface area contributed by atoms with Crippen LogP contribution in [0, 0.1) is 5.92 Å². The van der Waals surface area contributed by atoms with Gasteiger partial charge in [0.15, 0.2) is 0 Å². The first kappa shape index (κ1) is 11.6. The first-order valence-corrected chi connectivity index (χ1v) is 9.85. The van der Waals surface area contributed by atoms with Gasteiger partial charge < -0.3 is 0 Å². The maximum atomic E-state index is 12.3. The fraction of sp³-hybridized carbons (Fsp3) is 0.600. The number of thioether (sulfide) groups is 2. The van der Waals surface area contributed by atoms with Gasteiger partial charge in [0.1, 0.15) is 4.08 Å². The molecule has 0 saturated carbocycles. The van der Waals surface area contributed by atoms with Gasteiger partial charge in [-0.25, -0.2) is 0 Å².